The van der Waals surface area contributed by atoms with Gasteiger partial charge in [-0.05, 0) is 25.1 Å². The van der Waals surface area contributed by atoms with Gasteiger partial charge in [0.25, 0.3) is 0 Å². The monoisotopic (exact) mass is 264 g/mol. The van der Waals surface area contributed by atoms with Gasteiger partial charge in [0.15, 0.2) is 5.78 Å². The van der Waals surface area contributed by atoms with Crippen LogP contribution in [-0.2, 0) is 6.18 Å². The van der Waals surface area contributed by atoms with Crippen LogP contribution in [-0.4, -0.2) is 19.1 Å². The molecule has 0 spiro atoms. The first-order chi connectivity index (χ1) is 8.36. The zero-order valence-corrected chi connectivity index (χ0v) is 9.68. The highest BCUT2D eigenvalue weighted by molar-refractivity contribution is 5.94. The first kappa shape index (κ1) is 14.5. The van der Waals surface area contributed by atoms with Gasteiger partial charge in [-0.15, -0.1) is 0 Å². The maximum atomic E-state index is 12.7. The number of carbonyl (C=O) groups is 1. The third-order valence-electron chi connectivity index (χ3n) is 2.23. The molecular weight excluding hydrogens is 252 g/mol. The van der Waals surface area contributed by atoms with Crippen molar-refractivity contribution < 1.29 is 27.1 Å². The largest absolute Gasteiger partial charge is 0.493 e. The lowest BCUT2D eigenvalue weighted by Gasteiger charge is -2.14. The average Bonchev–Trinajstić information content (AvgIpc) is 2.28. The van der Waals surface area contributed by atoms with Crippen molar-refractivity contribution in [2.24, 2.45) is 0 Å². The molecule has 18 heavy (non-hydrogen) atoms. The van der Waals surface area contributed by atoms with Crippen LogP contribution in [0.5, 0.6) is 5.75 Å². The molecule has 0 aliphatic carbocycles. The molecule has 0 unspecified atom stereocenters. The summed E-state index contributed by atoms with van der Waals surface area (Å²) in [5.74, 6) is -0.850. The number of hydrogen-bond donors (Lipinski definition) is 0. The van der Waals surface area contributed by atoms with E-state index in [2.05, 4.69) is 0 Å². The van der Waals surface area contributed by atoms with Gasteiger partial charge >= 0.3 is 6.18 Å². The van der Waals surface area contributed by atoms with Crippen molar-refractivity contribution in [3.05, 3.63) is 29.3 Å². The Balaban J connectivity index is 3.05. The van der Waals surface area contributed by atoms with E-state index in [0.29, 0.717) is 0 Å². The fraction of sp³-hybridized carbons (Fsp3) is 0.417. The Morgan fingerprint density at radius 3 is 2.50 bits per heavy atom. The molecule has 0 aliphatic rings. The van der Waals surface area contributed by atoms with Gasteiger partial charge in [-0.3, -0.25) is 9.18 Å². The van der Waals surface area contributed by atoms with Crippen molar-refractivity contribution in [2.45, 2.75) is 19.5 Å². The number of Topliss-reactive ketones (excluding diaryl/α,β-unsaturated/α-hetero) is 1. The first-order valence-electron chi connectivity index (χ1n) is 5.27. The number of halogens is 4. The minimum Gasteiger partial charge on any atom is -0.493 e. The molecule has 0 radical (unpaired) electrons. The van der Waals surface area contributed by atoms with E-state index in [1.54, 1.807) is 0 Å². The van der Waals surface area contributed by atoms with Gasteiger partial charge in [0.2, 0.25) is 0 Å². The molecule has 0 amide bonds. The third kappa shape index (κ3) is 3.72. The number of rotatable bonds is 5. The first-order valence-corrected chi connectivity index (χ1v) is 5.27. The molecule has 100 valence electrons. The zero-order valence-electron chi connectivity index (χ0n) is 9.68. The molecule has 0 atom stereocenters. The minimum atomic E-state index is -4.61. The second-order valence-electron chi connectivity index (χ2n) is 3.66. The Morgan fingerprint density at radius 2 is 2.00 bits per heavy atom. The van der Waals surface area contributed by atoms with Crippen LogP contribution in [0.1, 0.15) is 29.3 Å². The van der Waals surface area contributed by atoms with E-state index >= 15 is 0 Å². The maximum absolute atomic E-state index is 12.7. The molecule has 2 nitrogen and oxygen atoms in total. The molecule has 0 aromatic heterocycles. The summed E-state index contributed by atoms with van der Waals surface area (Å²) in [7, 11) is 0. The number of carbonyl (C=O) groups excluding carboxylic acids is 1. The summed E-state index contributed by atoms with van der Waals surface area (Å²) < 4.78 is 54.9. The second-order valence-corrected chi connectivity index (χ2v) is 3.66. The van der Waals surface area contributed by atoms with E-state index in [9.17, 15) is 22.4 Å². The van der Waals surface area contributed by atoms with Crippen LogP contribution < -0.4 is 4.74 Å². The van der Waals surface area contributed by atoms with E-state index in [4.69, 9.17) is 4.74 Å². The molecule has 0 N–H and O–H groups in total. The number of ether oxygens (including phenoxy) is 1. The van der Waals surface area contributed by atoms with Crippen molar-refractivity contribution in [1.82, 2.24) is 0 Å². The van der Waals surface area contributed by atoms with Gasteiger partial charge in [0.1, 0.15) is 5.75 Å². The van der Waals surface area contributed by atoms with Gasteiger partial charge in [-0.25, -0.2) is 0 Å². The lowest BCUT2D eigenvalue weighted by molar-refractivity contribution is -0.139. The molecule has 0 bridgehead atoms. The molecule has 1 aromatic rings. The van der Waals surface area contributed by atoms with Crippen molar-refractivity contribution in [3.63, 3.8) is 0 Å². The van der Waals surface area contributed by atoms with E-state index in [-0.39, 0.29) is 24.3 Å². The summed E-state index contributed by atoms with van der Waals surface area (Å²) in [6.45, 7) is 0.380. The van der Waals surface area contributed by atoms with Gasteiger partial charge in [-0.1, -0.05) is 0 Å². The second kappa shape index (κ2) is 5.84. The van der Waals surface area contributed by atoms with E-state index < -0.39 is 24.2 Å². The van der Waals surface area contributed by atoms with Gasteiger partial charge < -0.3 is 4.74 Å². The van der Waals surface area contributed by atoms with Crippen molar-refractivity contribution in [2.75, 3.05) is 13.3 Å². The molecular formula is C12H12F4O2. The number of benzene rings is 1. The smallest absolute Gasteiger partial charge is 0.419 e. The standard InChI is InChI=1S/C12H12F4O2/c1-8(17)9-3-4-11(18-6-2-5-13)10(7-9)12(14,15)16/h3-4,7H,2,5-6H2,1H3. The Bertz CT molecular complexity index is 427. The highest BCUT2D eigenvalue weighted by atomic mass is 19.4. The molecule has 0 saturated carbocycles. The topological polar surface area (TPSA) is 26.3 Å². The molecule has 0 aliphatic heterocycles. The number of ketones is 1. The Labute approximate surface area is 102 Å². The highest BCUT2D eigenvalue weighted by Crippen LogP contribution is 2.37. The van der Waals surface area contributed by atoms with Crippen LogP contribution in [0.2, 0.25) is 0 Å². The lowest BCUT2D eigenvalue weighted by atomic mass is 10.1. The number of hydrogen-bond acceptors (Lipinski definition) is 2. The van der Waals surface area contributed by atoms with Crippen molar-refractivity contribution in [3.8, 4) is 5.75 Å². The average molecular weight is 264 g/mol. The molecule has 6 heteroatoms. The van der Waals surface area contributed by atoms with Crippen LogP contribution >= 0.6 is 0 Å². The van der Waals surface area contributed by atoms with E-state index in [1.807, 2.05) is 0 Å². The Hall–Kier alpha value is -1.59. The summed E-state index contributed by atoms with van der Waals surface area (Å²) >= 11 is 0. The summed E-state index contributed by atoms with van der Waals surface area (Å²) in [5.41, 5.74) is -1.06. The van der Waals surface area contributed by atoms with Crippen LogP contribution in [0.3, 0.4) is 0 Å². The minimum absolute atomic E-state index is 0.0196. The van der Waals surface area contributed by atoms with Gasteiger partial charge in [0.05, 0.1) is 18.8 Å². The highest BCUT2D eigenvalue weighted by Gasteiger charge is 2.34. The van der Waals surface area contributed by atoms with Gasteiger partial charge in [0, 0.05) is 12.0 Å². The fourth-order valence-electron chi connectivity index (χ4n) is 1.33. The van der Waals surface area contributed by atoms with E-state index in [0.717, 1.165) is 12.1 Å². The quantitative estimate of drug-likeness (QED) is 0.461. The fourth-order valence-corrected chi connectivity index (χ4v) is 1.33. The molecule has 0 heterocycles. The predicted molar refractivity (Wildman–Crippen MR) is 57.5 cm³/mol. The third-order valence-corrected chi connectivity index (χ3v) is 2.23. The summed E-state index contributed by atoms with van der Waals surface area (Å²) in [6.07, 6.45) is -4.59. The van der Waals surface area contributed by atoms with E-state index in [1.165, 1.54) is 13.0 Å². The molecule has 1 rings (SSSR count). The Kier molecular flexibility index (Phi) is 4.69. The zero-order chi connectivity index (χ0) is 13.8. The summed E-state index contributed by atoms with van der Waals surface area (Å²) in [4.78, 5) is 11.0. The molecule has 1 aromatic carbocycles. The van der Waals surface area contributed by atoms with Gasteiger partial charge in [-0.2, -0.15) is 13.2 Å². The maximum Gasteiger partial charge on any atom is 0.419 e. The van der Waals surface area contributed by atoms with Crippen LogP contribution in [0.15, 0.2) is 18.2 Å². The van der Waals surface area contributed by atoms with Crippen LogP contribution in [0, 0.1) is 0 Å². The van der Waals surface area contributed by atoms with Crippen LogP contribution in [0.25, 0.3) is 0 Å². The predicted octanol–water partition coefficient (Wildman–Crippen LogP) is 3.65. The Morgan fingerprint density at radius 1 is 1.33 bits per heavy atom. The lowest BCUT2D eigenvalue weighted by Crippen LogP contribution is -2.11. The SMILES string of the molecule is CC(=O)c1ccc(OCCCF)c(C(F)(F)F)c1. The number of alkyl halides is 4. The normalized spacial score (nSPS) is 11.4. The summed E-state index contributed by atoms with van der Waals surface area (Å²) in [6, 6.07) is 3.08. The van der Waals surface area contributed by atoms with Crippen molar-refractivity contribution in [1.29, 1.82) is 0 Å². The van der Waals surface area contributed by atoms with Crippen molar-refractivity contribution >= 4 is 5.78 Å². The van der Waals surface area contributed by atoms with Crippen LogP contribution in [0.4, 0.5) is 17.6 Å². The summed E-state index contributed by atoms with van der Waals surface area (Å²) in [5, 5.41) is 0. The molecule has 0 saturated heterocycles. The molecule has 0 fully saturated rings.